The molecule has 2 aromatic rings. The van der Waals surface area contributed by atoms with Crippen molar-refractivity contribution in [3.63, 3.8) is 0 Å². The van der Waals surface area contributed by atoms with Crippen LogP contribution in [0.3, 0.4) is 0 Å². The molecular weight excluding hydrogens is 314 g/mol. The Bertz CT molecular complexity index is 738. The minimum absolute atomic E-state index is 0.0362. The Hall–Kier alpha value is -2.24. The molecule has 1 amide bonds. The average molecular weight is 334 g/mol. The number of aromatic nitrogens is 1. The molecule has 1 aliphatic heterocycles. The third kappa shape index (κ3) is 3.32. The van der Waals surface area contributed by atoms with E-state index in [1.807, 2.05) is 0 Å². The molecule has 1 saturated heterocycles. The fraction of sp³-hybridized carbons (Fsp3) is 0.444. The van der Waals surface area contributed by atoms with Gasteiger partial charge in [-0.2, -0.15) is 0 Å². The van der Waals surface area contributed by atoms with E-state index in [0.29, 0.717) is 30.1 Å². The summed E-state index contributed by atoms with van der Waals surface area (Å²) in [5.74, 6) is -0.438. The molecule has 0 bridgehead atoms. The maximum Gasteiger partial charge on any atom is 0.227 e. The van der Waals surface area contributed by atoms with Crippen molar-refractivity contribution in [3.8, 4) is 0 Å². The van der Waals surface area contributed by atoms with Gasteiger partial charge in [0.1, 0.15) is 17.4 Å². The van der Waals surface area contributed by atoms with Crippen LogP contribution in [-0.2, 0) is 11.2 Å². The zero-order valence-corrected chi connectivity index (χ0v) is 13.8. The Kier molecular flexibility index (Phi) is 4.64. The number of piperidine rings is 1. The topological polar surface area (TPSA) is 46.3 Å². The zero-order chi connectivity index (χ0) is 17.3. The maximum atomic E-state index is 14.0. The number of amides is 1. The van der Waals surface area contributed by atoms with Crippen LogP contribution in [0.5, 0.6) is 0 Å². The van der Waals surface area contributed by atoms with E-state index < -0.39 is 11.6 Å². The second-order valence-corrected chi connectivity index (χ2v) is 6.32. The summed E-state index contributed by atoms with van der Waals surface area (Å²) in [7, 11) is 0. The summed E-state index contributed by atoms with van der Waals surface area (Å²) in [6.45, 7) is 4.63. The van der Waals surface area contributed by atoms with Gasteiger partial charge in [-0.1, -0.05) is 5.16 Å². The standard InChI is InChI=1S/C18H20F2N2O2/c1-11-15(12(2)24-21-11)9-18(23)22-7-3-4-13(10-22)16-8-14(19)5-6-17(16)20/h5-6,8,13H,3-4,7,9-10H2,1-2H3/t13-/m1/s1. The Morgan fingerprint density at radius 2 is 2.17 bits per heavy atom. The van der Waals surface area contributed by atoms with Crippen LogP contribution in [-0.4, -0.2) is 29.1 Å². The molecule has 1 aromatic heterocycles. The highest BCUT2D eigenvalue weighted by Crippen LogP contribution is 2.29. The summed E-state index contributed by atoms with van der Waals surface area (Å²) in [6, 6.07) is 3.50. The van der Waals surface area contributed by atoms with E-state index in [-0.39, 0.29) is 18.2 Å². The Morgan fingerprint density at radius 3 is 2.88 bits per heavy atom. The Morgan fingerprint density at radius 1 is 1.38 bits per heavy atom. The number of hydrogen-bond acceptors (Lipinski definition) is 3. The minimum atomic E-state index is -0.453. The van der Waals surface area contributed by atoms with Gasteiger partial charge in [0, 0.05) is 24.6 Å². The second kappa shape index (κ2) is 6.71. The van der Waals surface area contributed by atoms with Gasteiger partial charge < -0.3 is 9.42 Å². The summed E-state index contributed by atoms with van der Waals surface area (Å²) in [4.78, 5) is 14.3. The van der Waals surface area contributed by atoms with Gasteiger partial charge >= 0.3 is 0 Å². The Balaban J connectivity index is 1.73. The molecular formula is C18H20F2N2O2. The molecule has 128 valence electrons. The number of halogens is 2. The summed E-state index contributed by atoms with van der Waals surface area (Å²) in [5, 5.41) is 3.86. The molecule has 0 aliphatic carbocycles. The lowest BCUT2D eigenvalue weighted by atomic mass is 9.90. The van der Waals surface area contributed by atoms with Gasteiger partial charge in [0.25, 0.3) is 0 Å². The van der Waals surface area contributed by atoms with Crippen molar-refractivity contribution in [2.24, 2.45) is 0 Å². The first-order chi connectivity index (χ1) is 11.5. The van der Waals surface area contributed by atoms with Crippen LogP contribution >= 0.6 is 0 Å². The molecule has 1 aromatic carbocycles. The average Bonchev–Trinajstić information content (AvgIpc) is 2.89. The summed E-state index contributed by atoms with van der Waals surface area (Å²) < 4.78 is 32.5. The summed E-state index contributed by atoms with van der Waals surface area (Å²) in [5.41, 5.74) is 1.87. The number of carbonyl (C=O) groups excluding carboxylic acids is 1. The molecule has 24 heavy (non-hydrogen) atoms. The molecule has 0 spiro atoms. The van der Waals surface area contributed by atoms with E-state index in [0.717, 1.165) is 30.5 Å². The SMILES string of the molecule is Cc1noc(C)c1CC(=O)N1CCC[C@@H](c2cc(F)ccc2F)C1. The highest BCUT2D eigenvalue weighted by molar-refractivity contribution is 5.79. The molecule has 1 fully saturated rings. The number of hydrogen-bond donors (Lipinski definition) is 0. The van der Waals surface area contributed by atoms with Crippen molar-refractivity contribution >= 4 is 5.91 Å². The van der Waals surface area contributed by atoms with Gasteiger partial charge in [0.2, 0.25) is 5.91 Å². The fourth-order valence-corrected chi connectivity index (χ4v) is 3.30. The number of nitrogens with zero attached hydrogens (tertiary/aromatic N) is 2. The number of carbonyl (C=O) groups is 1. The second-order valence-electron chi connectivity index (χ2n) is 6.32. The van der Waals surface area contributed by atoms with Crippen molar-refractivity contribution in [1.29, 1.82) is 0 Å². The molecule has 1 atom stereocenters. The third-order valence-electron chi connectivity index (χ3n) is 4.68. The van der Waals surface area contributed by atoms with Crippen molar-refractivity contribution in [1.82, 2.24) is 10.1 Å². The van der Waals surface area contributed by atoms with Crippen LogP contribution < -0.4 is 0 Å². The zero-order valence-electron chi connectivity index (χ0n) is 13.8. The van der Waals surface area contributed by atoms with Gasteiger partial charge in [-0.25, -0.2) is 8.78 Å². The predicted octanol–water partition coefficient (Wildman–Crippen LogP) is 3.52. The summed E-state index contributed by atoms with van der Waals surface area (Å²) in [6.07, 6.45) is 1.74. The molecule has 0 saturated carbocycles. The van der Waals surface area contributed by atoms with E-state index in [9.17, 15) is 13.6 Å². The van der Waals surface area contributed by atoms with Crippen molar-refractivity contribution in [2.75, 3.05) is 13.1 Å². The molecule has 2 heterocycles. The van der Waals surface area contributed by atoms with Gasteiger partial charge in [0.05, 0.1) is 12.1 Å². The van der Waals surface area contributed by atoms with Gasteiger partial charge in [-0.3, -0.25) is 4.79 Å². The Labute approximate surface area is 139 Å². The monoisotopic (exact) mass is 334 g/mol. The lowest BCUT2D eigenvalue weighted by molar-refractivity contribution is -0.131. The minimum Gasteiger partial charge on any atom is -0.361 e. The molecule has 0 unspecified atom stereocenters. The van der Waals surface area contributed by atoms with Crippen LogP contribution in [0, 0.1) is 25.5 Å². The smallest absolute Gasteiger partial charge is 0.227 e. The first kappa shape index (κ1) is 16.6. The van der Waals surface area contributed by atoms with Crippen LogP contribution in [0.4, 0.5) is 8.78 Å². The number of rotatable bonds is 3. The van der Waals surface area contributed by atoms with Crippen LogP contribution in [0.1, 0.15) is 41.3 Å². The predicted molar refractivity (Wildman–Crippen MR) is 84.6 cm³/mol. The molecule has 4 nitrogen and oxygen atoms in total. The van der Waals surface area contributed by atoms with Crippen LogP contribution in [0.15, 0.2) is 22.7 Å². The molecule has 0 radical (unpaired) electrons. The maximum absolute atomic E-state index is 14.0. The van der Waals surface area contributed by atoms with E-state index in [2.05, 4.69) is 5.16 Å². The number of aryl methyl sites for hydroxylation is 2. The number of likely N-dealkylation sites (tertiary alicyclic amines) is 1. The van der Waals surface area contributed by atoms with Gasteiger partial charge in [-0.05, 0) is 50.5 Å². The van der Waals surface area contributed by atoms with Crippen molar-refractivity contribution < 1.29 is 18.1 Å². The highest BCUT2D eigenvalue weighted by atomic mass is 19.1. The van der Waals surface area contributed by atoms with Crippen LogP contribution in [0.2, 0.25) is 0 Å². The van der Waals surface area contributed by atoms with Gasteiger partial charge in [0.15, 0.2) is 0 Å². The third-order valence-corrected chi connectivity index (χ3v) is 4.68. The molecule has 0 N–H and O–H groups in total. The highest BCUT2D eigenvalue weighted by Gasteiger charge is 2.27. The lowest BCUT2D eigenvalue weighted by Gasteiger charge is -2.33. The normalized spacial score (nSPS) is 18.0. The largest absolute Gasteiger partial charge is 0.361 e. The first-order valence-electron chi connectivity index (χ1n) is 8.10. The van der Waals surface area contributed by atoms with E-state index in [4.69, 9.17) is 4.52 Å². The fourth-order valence-electron chi connectivity index (χ4n) is 3.30. The summed E-state index contributed by atoms with van der Waals surface area (Å²) >= 11 is 0. The van der Waals surface area contributed by atoms with Gasteiger partial charge in [-0.15, -0.1) is 0 Å². The lowest BCUT2D eigenvalue weighted by Crippen LogP contribution is -2.40. The van der Waals surface area contributed by atoms with E-state index in [1.54, 1.807) is 18.7 Å². The molecule has 1 aliphatic rings. The first-order valence-corrected chi connectivity index (χ1v) is 8.10. The number of benzene rings is 1. The molecule has 6 heteroatoms. The van der Waals surface area contributed by atoms with E-state index in [1.165, 1.54) is 6.07 Å². The van der Waals surface area contributed by atoms with Crippen LogP contribution in [0.25, 0.3) is 0 Å². The van der Waals surface area contributed by atoms with E-state index >= 15 is 0 Å². The quantitative estimate of drug-likeness (QED) is 0.863. The molecule has 3 rings (SSSR count). The van der Waals surface area contributed by atoms with Crippen molar-refractivity contribution in [2.45, 2.75) is 39.0 Å². The van der Waals surface area contributed by atoms with Crippen molar-refractivity contribution in [3.05, 3.63) is 52.4 Å².